The van der Waals surface area contributed by atoms with Crippen LogP contribution < -0.4 is 0 Å². The predicted octanol–water partition coefficient (Wildman–Crippen LogP) is 9.76. The molecule has 2 aromatic rings. The summed E-state index contributed by atoms with van der Waals surface area (Å²) in [5.74, 6) is 13.2. The van der Waals surface area contributed by atoms with Crippen molar-refractivity contribution in [2.45, 2.75) is 129 Å². The van der Waals surface area contributed by atoms with Gasteiger partial charge in [0, 0.05) is 24.8 Å². The van der Waals surface area contributed by atoms with E-state index in [2.05, 4.69) is 69.6 Å². The summed E-state index contributed by atoms with van der Waals surface area (Å²) in [6.07, 6.45) is 38.9. The van der Waals surface area contributed by atoms with Gasteiger partial charge in [-0.15, -0.1) is 0 Å². The van der Waals surface area contributed by atoms with Gasteiger partial charge in [0.25, 0.3) is 0 Å². The zero-order valence-electron chi connectivity index (χ0n) is 25.1. The van der Waals surface area contributed by atoms with Gasteiger partial charge in [-0.3, -0.25) is 0 Å². The molecule has 0 N–H and O–H groups in total. The Bertz CT molecular complexity index is 987. The van der Waals surface area contributed by atoms with Crippen molar-refractivity contribution < 1.29 is 0 Å². The molecule has 0 aliphatic rings. The van der Waals surface area contributed by atoms with Crippen LogP contribution in [0, 0.1) is 23.7 Å². The van der Waals surface area contributed by atoms with Gasteiger partial charge >= 0.3 is 0 Å². The highest BCUT2D eigenvalue weighted by molar-refractivity contribution is 5.45. The molecule has 0 saturated heterocycles. The first-order valence-corrected chi connectivity index (χ1v) is 15.8. The first kappa shape index (κ1) is 33.0. The van der Waals surface area contributed by atoms with Gasteiger partial charge in [0.1, 0.15) is 0 Å². The standard InChI is InChI=1S/C36H50N4/c1-3-5-7-9-11-13-15-17-19-21-27-35-37-29-33(30-38-35)25-23-24-26-34-31-39-36(40-32-34)28-22-20-18-16-14-12-10-8-6-4-2/h21-22,27-32H,3-20H2,1-2H3/b27-21+,28-22+. The van der Waals surface area contributed by atoms with Crippen molar-refractivity contribution in [3.05, 3.63) is 59.7 Å². The quantitative estimate of drug-likeness (QED) is 0.124. The van der Waals surface area contributed by atoms with Crippen molar-refractivity contribution in [3.63, 3.8) is 0 Å². The van der Waals surface area contributed by atoms with Gasteiger partial charge in [-0.05, 0) is 61.5 Å². The molecule has 4 nitrogen and oxygen atoms in total. The summed E-state index contributed by atoms with van der Waals surface area (Å²) in [6.45, 7) is 4.53. The Morgan fingerprint density at radius 1 is 0.475 bits per heavy atom. The zero-order chi connectivity index (χ0) is 28.4. The molecule has 0 radical (unpaired) electrons. The van der Waals surface area contributed by atoms with Crippen LogP contribution in [-0.4, -0.2) is 19.9 Å². The number of allylic oxidation sites excluding steroid dienone is 2. The van der Waals surface area contributed by atoms with Crippen LogP contribution >= 0.6 is 0 Å². The van der Waals surface area contributed by atoms with E-state index in [1.165, 1.54) is 103 Å². The molecule has 0 unspecified atom stereocenters. The van der Waals surface area contributed by atoms with Gasteiger partial charge in [0.05, 0.1) is 11.1 Å². The van der Waals surface area contributed by atoms with Gasteiger partial charge in [0.2, 0.25) is 0 Å². The summed E-state index contributed by atoms with van der Waals surface area (Å²) in [7, 11) is 0. The summed E-state index contributed by atoms with van der Waals surface area (Å²) < 4.78 is 0. The summed E-state index contributed by atoms with van der Waals surface area (Å²) >= 11 is 0. The third-order valence-electron chi connectivity index (χ3n) is 6.80. The molecule has 2 aromatic heterocycles. The Morgan fingerprint density at radius 3 is 1.15 bits per heavy atom. The molecule has 40 heavy (non-hydrogen) atoms. The second-order valence-corrected chi connectivity index (χ2v) is 10.5. The highest BCUT2D eigenvalue weighted by Gasteiger charge is 1.95. The smallest absolute Gasteiger partial charge is 0.151 e. The largest absolute Gasteiger partial charge is 0.236 e. The minimum Gasteiger partial charge on any atom is -0.236 e. The van der Waals surface area contributed by atoms with Crippen LogP contribution in [0.4, 0.5) is 0 Å². The van der Waals surface area contributed by atoms with E-state index in [-0.39, 0.29) is 0 Å². The Hall–Kier alpha value is -3.24. The molecular formula is C36H50N4. The van der Waals surface area contributed by atoms with E-state index in [4.69, 9.17) is 0 Å². The molecule has 2 rings (SSSR count). The maximum atomic E-state index is 4.38. The topological polar surface area (TPSA) is 51.6 Å². The fourth-order valence-electron chi connectivity index (χ4n) is 4.35. The molecule has 0 spiro atoms. The van der Waals surface area contributed by atoms with Crippen molar-refractivity contribution in [1.82, 2.24) is 19.9 Å². The van der Waals surface area contributed by atoms with Crippen LogP contribution in [0.3, 0.4) is 0 Å². The first-order chi connectivity index (χ1) is 19.8. The van der Waals surface area contributed by atoms with E-state index in [0.717, 1.165) is 35.6 Å². The molecule has 0 aromatic carbocycles. The molecule has 0 aliphatic heterocycles. The molecule has 0 bridgehead atoms. The highest BCUT2D eigenvalue weighted by Crippen LogP contribution is 2.11. The fourth-order valence-corrected chi connectivity index (χ4v) is 4.35. The summed E-state index contributed by atoms with van der Waals surface area (Å²) in [4.78, 5) is 17.5. The van der Waals surface area contributed by atoms with Gasteiger partial charge in [0.15, 0.2) is 11.6 Å². The van der Waals surface area contributed by atoms with Crippen LogP contribution in [0.1, 0.15) is 152 Å². The molecule has 0 amide bonds. The molecule has 4 heteroatoms. The van der Waals surface area contributed by atoms with Crippen molar-refractivity contribution in [2.75, 3.05) is 0 Å². The highest BCUT2D eigenvalue weighted by atomic mass is 14.9. The summed E-state index contributed by atoms with van der Waals surface area (Å²) in [6, 6.07) is 0. The second-order valence-electron chi connectivity index (χ2n) is 10.5. The summed E-state index contributed by atoms with van der Waals surface area (Å²) in [5.41, 5.74) is 1.51. The van der Waals surface area contributed by atoms with Crippen molar-refractivity contribution in [1.29, 1.82) is 0 Å². The minimum atomic E-state index is 0.722. The molecule has 0 fully saturated rings. The maximum absolute atomic E-state index is 4.38. The maximum Gasteiger partial charge on any atom is 0.151 e. The van der Waals surface area contributed by atoms with Gasteiger partial charge in [-0.2, -0.15) is 0 Å². The monoisotopic (exact) mass is 538 g/mol. The lowest BCUT2D eigenvalue weighted by molar-refractivity contribution is 0.578. The molecular weight excluding hydrogens is 488 g/mol. The number of rotatable bonds is 20. The molecule has 214 valence electrons. The molecule has 0 aliphatic carbocycles. The third-order valence-corrected chi connectivity index (χ3v) is 6.80. The third kappa shape index (κ3) is 17.4. The number of nitrogens with zero attached hydrogens (tertiary/aromatic N) is 4. The number of hydrogen-bond donors (Lipinski definition) is 0. The van der Waals surface area contributed by atoms with Crippen LogP contribution in [0.5, 0.6) is 0 Å². The molecule has 2 heterocycles. The lowest BCUT2D eigenvalue weighted by atomic mass is 10.1. The van der Waals surface area contributed by atoms with Crippen LogP contribution in [-0.2, 0) is 0 Å². The predicted molar refractivity (Wildman–Crippen MR) is 170 cm³/mol. The normalized spacial score (nSPS) is 10.9. The van der Waals surface area contributed by atoms with Crippen LogP contribution in [0.15, 0.2) is 36.9 Å². The Balaban J connectivity index is 1.62. The first-order valence-electron chi connectivity index (χ1n) is 15.8. The minimum absolute atomic E-state index is 0.722. The average Bonchev–Trinajstić information content (AvgIpc) is 2.98. The van der Waals surface area contributed by atoms with E-state index >= 15 is 0 Å². The second kappa shape index (κ2) is 23.6. The fraction of sp³-hybridized carbons (Fsp3) is 0.556. The lowest BCUT2D eigenvalue weighted by Gasteiger charge is -1.99. The van der Waals surface area contributed by atoms with E-state index in [9.17, 15) is 0 Å². The van der Waals surface area contributed by atoms with E-state index in [1.807, 2.05) is 12.2 Å². The SMILES string of the molecule is CCCCCCCCCC/C=C/c1ncc(C#CC#Cc2cnc(/C=C/CCCCCCCCCC)nc2)cn1. The Kier molecular flexibility index (Phi) is 19.5. The van der Waals surface area contributed by atoms with E-state index < -0.39 is 0 Å². The van der Waals surface area contributed by atoms with Crippen molar-refractivity contribution >= 4 is 12.2 Å². The number of unbranched alkanes of at least 4 members (excludes halogenated alkanes) is 16. The van der Waals surface area contributed by atoms with E-state index in [1.54, 1.807) is 24.8 Å². The van der Waals surface area contributed by atoms with Crippen molar-refractivity contribution in [2.24, 2.45) is 0 Å². The number of aromatic nitrogens is 4. The van der Waals surface area contributed by atoms with Gasteiger partial charge in [-0.25, -0.2) is 19.9 Å². The van der Waals surface area contributed by atoms with Crippen LogP contribution in [0.25, 0.3) is 12.2 Å². The molecule has 0 saturated carbocycles. The lowest BCUT2D eigenvalue weighted by Crippen LogP contribution is -1.88. The van der Waals surface area contributed by atoms with Gasteiger partial charge in [-0.1, -0.05) is 116 Å². The average molecular weight is 539 g/mol. The number of hydrogen-bond acceptors (Lipinski definition) is 4. The summed E-state index contributed by atoms with van der Waals surface area (Å²) in [5, 5.41) is 0. The van der Waals surface area contributed by atoms with Crippen LogP contribution in [0.2, 0.25) is 0 Å². The molecule has 0 atom stereocenters. The van der Waals surface area contributed by atoms with E-state index in [0.29, 0.717) is 0 Å². The Morgan fingerprint density at radius 2 is 0.800 bits per heavy atom. The van der Waals surface area contributed by atoms with Gasteiger partial charge < -0.3 is 0 Å². The zero-order valence-corrected chi connectivity index (χ0v) is 25.1. The Labute approximate surface area is 244 Å². The van der Waals surface area contributed by atoms with Crippen molar-refractivity contribution in [3.8, 4) is 23.7 Å².